The van der Waals surface area contributed by atoms with E-state index in [2.05, 4.69) is 10.2 Å². The third-order valence-corrected chi connectivity index (χ3v) is 2.31. The van der Waals surface area contributed by atoms with E-state index >= 15 is 0 Å². The summed E-state index contributed by atoms with van der Waals surface area (Å²) in [5, 5.41) is 27.8. The molecule has 96 valence electrons. The topological polar surface area (TPSA) is 114 Å². The maximum atomic E-state index is 10.5. The first-order chi connectivity index (χ1) is 9.06. The summed E-state index contributed by atoms with van der Waals surface area (Å²) < 4.78 is 0. The van der Waals surface area contributed by atoms with Gasteiger partial charge in [0, 0.05) is 11.8 Å². The number of non-ortho nitro benzene ring substituents is 1. The molecular formula is C12H10N4O3. The van der Waals surface area contributed by atoms with Crippen molar-refractivity contribution in [2.75, 3.05) is 5.73 Å². The van der Waals surface area contributed by atoms with Gasteiger partial charge in [-0.3, -0.25) is 10.1 Å². The van der Waals surface area contributed by atoms with Gasteiger partial charge in [0.25, 0.3) is 5.69 Å². The molecule has 0 amide bonds. The number of nitrogen functional groups attached to an aromatic ring is 1. The van der Waals surface area contributed by atoms with E-state index in [4.69, 9.17) is 5.73 Å². The lowest BCUT2D eigenvalue weighted by Gasteiger charge is -1.98. The average Bonchev–Trinajstić information content (AvgIpc) is 2.37. The van der Waals surface area contributed by atoms with Crippen LogP contribution in [0.15, 0.2) is 52.7 Å². The number of nitrogens with two attached hydrogens (primary N) is 1. The largest absolute Gasteiger partial charge is 0.505 e. The molecular weight excluding hydrogens is 248 g/mol. The smallest absolute Gasteiger partial charge is 0.273 e. The fourth-order valence-corrected chi connectivity index (χ4v) is 1.41. The molecule has 0 atom stereocenters. The van der Waals surface area contributed by atoms with Crippen LogP contribution >= 0.6 is 0 Å². The van der Waals surface area contributed by atoms with Gasteiger partial charge in [0.2, 0.25) is 0 Å². The molecule has 0 radical (unpaired) electrons. The van der Waals surface area contributed by atoms with Gasteiger partial charge in [-0.2, -0.15) is 5.11 Å². The van der Waals surface area contributed by atoms with Crippen LogP contribution in [0.1, 0.15) is 0 Å². The highest BCUT2D eigenvalue weighted by Crippen LogP contribution is 2.31. The van der Waals surface area contributed by atoms with E-state index in [0.717, 1.165) is 6.07 Å². The summed E-state index contributed by atoms with van der Waals surface area (Å²) >= 11 is 0. The fourth-order valence-electron chi connectivity index (χ4n) is 1.41. The van der Waals surface area contributed by atoms with Crippen LogP contribution in [-0.2, 0) is 0 Å². The van der Waals surface area contributed by atoms with Crippen LogP contribution in [0, 0.1) is 10.1 Å². The Hall–Kier alpha value is -2.96. The molecule has 0 aliphatic rings. The van der Waals surface area contributed by atoms with E-state index < -0.39 is 4.92 Å². The van der Waals surface area contributed by atoms with Crippen molar-refractivity contribution in [3.63, 3.8) is 0 Å². The van der Waals surface area contributed by atoms with Gasteiger partial charge in [-0.15, -0.1) is 5.11 Å². The number of anilines is 1. The summed E-state index contributed by atoms with van der Waals surface area (Å²) in [7, 11) is 0. The SMILES string of the molecule is Nc1cccc(N=Nc2ccc([N+](=O)[O-])cc2O)c1. The van der Waals surface area contributed by atoms with Crippen LogP contribution in [0.4, 0.5) is 22.7 Å². The molecule has 7 nitrogen and oxygen atoms in total. The predicted octanol–water partition coefficient (Wildman–Crippen LogP) is 3.30. The first-order valence-electron chi connectivity index (χ1n) is 5.31. The Morgan fingerprint density at radius 2 is 1.95 bits per heavy atom. The van der Waals surface area contributed by atoms with Crippen molar-refractivity contribution >= 4 is 22.7 Å². The van der Waals surface area contributed by atoms with Crippen LogP contribution < -0.4 is 5.73 Å². The second-order valence-electron chi connectivity index (χ2n) is 3.73. The fraction of sp³-hybridized carbons (Fsp3) is 0. The molecule has 0 aliphatic heterocycles. The molecule has 0 bridgehead atoms. The molecule has 19 heavy (non-hydrogen) atoms. The first kappa shape index (κ1) is 12.5. The lowest BCUT2D eigenvalue weighted by atomic mass is 10.2. The minimum Gasteiger partial charge on any atom is -0.505 e. The number of aromatic hydroxyl groups is 1. The van der Waals surface area contributed by atoms with Crippen molar-refractivity contribution in [1.82, 2.24) is 0 Å². The van der Waals surface area contributed by atoms with Gasteiger partial charge >= 0.3 is 0 Å². The first-order valence-corrected chi connectivity index (χ1v) is 5.31. The molecule has 2 aromatic rings. The number of hydrogen-bond donors (Lipinski definition) is 2. The molecule has 0 spiro atoms. The maximum Gasteiger partial charge on any atom is 0.273 e. The number of azo groups is 1. The molecule has 2 rings (SSSR count). The van der Waals surface area contributed by atoms with Crippen LogP contribution in [0.25, 0.3) is 0 Å². The number of nitrogens with zero attached hydrogens (tertiary/aromatic N) is 3. The van der Waals surface area contributed by atoms with Crippen molar-refractivity contribution in [3.05, 3.63) is 52.6 Å². The molecule has 7 heteroatoms. The quantitative estimate of drug-likeness (QED) is 0.380. The highest BCUT2D eigenvalue weighted by molar-refractivity contribution is 5.56. The summed E-state index contributed by atoms with van der Waals surface area (Å²) in [6.07, 6.45) is 0. The van der Waals surface area contributed by atoms with E-state index in [1.54, 1.807) is 24.3 Å². The second-order valence-corrected chi connectivity index (χ2v) is 3.73. The van der Waals surface area contributed by atoms with E-state index in [9.17, 15) is 15.2 Å². The molecule has 0 aliphatic carbocycles. The number of nitro benzene ring substituents is 1. The third kappa shape index (κ3) is 3.03. The van der Waals surface area contributed by atoms with Crippen molar-refractivity contribution in [2.24, 2.45) is 10.2 Å². The number of hydrogen-bond acceptors (Lipinski definition) is 6. The highest BCUT2D eigenvalue weighted by atomic mass is 16.6. The minimum atomic E-state index is -0.599. The Bertz CT molecular complexity index is 655. The van der Waals surface area contributed by atoms with E-state index in [0.29, 0.717) is 11.4 Å². The zero-order chi connectivity index (χ0) is 13.8. The van der Waals surface area contributed by atoms with Crippen molar-refractivity contribution < 1.29 is 10.0 Å². The molecule has 0 unspecified atom stereocenters. The molecule has 0 saturated heterocycles. The summed E-state index contributed by atoms with van der Waals surface area (Å²) in [6, 6.07) is 10.3. The van der Waals surface area contributed by atoms with E-state index in [1.165, 1.54) is 12.1 Å². The Kier molecular flexibility index (Phi) is 3.37. The van der Waals surface area contributed by atoms with Gasteiger partial charge < -0.3 is 10.8 Å². The average molecular weight is 258 g/mol. The van der Waals surface area contributed by atoms with Crippen molar-refractivity contribution in [3.8, 4) is 5.75 Å². The molecule has 2 aromatic carbocycles. The van der Waals surface area contributed by atoms with Gasteiger partial charge in [0.15, 0.2) is 0 Å². The predicted molar refractivity (Wildman–Crippen MR) is 69.8 cm³/mol. The van der Waals surface area contributed by atoms with Crippen LogP contribution in [0.3, 0.4) is 0 Å². The standard InChI is InChI=1S/C12H10N4O3/c13-8-2-1-3-9(6-8)14-15-11-5-4-10(16(18)19)7-12(11)17/h1-7,17H,13H2. The van der Waals surface area contributed by atoms with Gasteiger partial charge in [-0.25, -0.2) is 0 Å². The molecule has 3 N–H and O–H groups in total. The van der Waals surface area contributed by atoms with Gasteiger partial charge in [0.1, 0.15) is 11.4 Å². The van der Waals surface area contributed by atoms with Crippen LogP contribution in [0.2, 0.25) is 0 Å². The second kappa shape index (κ2) is 5.13. The van der Waals surface area contributed by atoms with Gasteiger partial charge in [-0.1, -0.05) is 6.07 Å². The Labute approximate surface area is 108 Å². The van der Waals surface area contributed by atoms with Crippen molar-refractivity contribution in [1.29, 1.82) is 0 Å². The Morgan fingerprint density at radius 3 is 2.58 bits per heavy atom. The van der Waals surface area contributed by atoms with Crippen molar-refractivity contribution in [2.45, 2.75) is 0 Å². The van der Waals surface area contributed by atoms with Gasteiger partial charge in [-0.05, 0) is 24.3 Å². The lowest BCUT2D eigenvalue weighted by Crippen LogP contribution is -1.86. The summed E-state index contributed by atoms with van der Waals surface area (Å²) in [5.41, 5.74) is 6.59. The highest BCUT2D eigenvalue weighted by Gasteiger charge is 2.09. The zero-order valence-electron chi connectivity index (χ0n) is 9.72. The summed E-state index contributed by atoms with van der Waals surface area (Å²) in [6.45, 7) is 0. The van der Waals surface area contributed by atoms with Gasteiger partial charge in [0.05, 0.1) is 16.7 Å². The van der Waals surface area contributed by atoms with E-state index in [-0.39, 0.29) is 17.1 Å². The summed E-state index contributed by atoms with van der Waals surface area (Å²) in [5.74, 6) is -0.304. The molecule has 0 aromatic heterocycles. The number of phenolic OH excluding ortho intramolecular Hbond substituents is 1. The number of phenols is 1. The lowest BCUT2D eigenvalue weighted by molar-refractivity contribution is -0.384. The molecule has 0 fully saturated rings. The maximum absolute atomic E-state index is 10.5. The Balaban J connectivity index is 2.26. The van der Waals surface area contributed by atoms with E-state index in [1.807, 2.05) is 0 Å². The Morgan fingerprint density at radius 1 is 1.16 bits per heavy atom. The number of nitro groups is 1. The minimum absolute atomic E-state index is 0.146. The van der Waals surface area contributed by atoms with Crippen LogP contribution in [0.5, 0.6) is 5.75 Å². The third-order valence-electron chi connectivity index (χ3n) is 2.31. The van der Waals surface area contributed by atoms with Crippen LogP contribution in [-0.4, -0.2) is 10.0 Å². The molecule has 0 heterocycles. The number of benzene rings is 2. The monoisotopic (exact) mass is 258 g/mol. The normalized spacial score (nSPS) is 10.7. The summed E-state index contributed by atoms with van der Waals surface area (Å²) in [4.78, 5) is 9.91. The molecule has 0 saturated carbocycles. The number of rotatable bonds is 3. The zero-order valence-corrected chi connectivity index (χ0v) is 9.72.